The van der Waals surface area contributed by atoms with Gasteiger partial charge in [-0.15, -0.1) is 6.58 Å². The lowest BCUT2D eigenvalue weighted by Crippen LogP contribution is -2.38. The molecule has 1 amide bonds. The molecule has 78 valence electrons. The van der Waals surface area contributed by atoms with E-state index in [0.717, 1.165) is 6.42 Å². The van der Waals surface area contributed by atoms with Crippen LogP contribution < -0.4 is 5.73 Å². The Morgan fingerprint density at radius 2 is 2.14 bits per heavy atom. The zero-order chi connectivity index (χ0) is 10.6. The quantitative estimate of drug-likeness (QED) is 0.677. The molecule has 0 aromatic carbocycles. The van der Waals surface area contributed by atoms with Gasteiger partial charge in [-0.2, -0.15) is 0 Å². The molecule has 0 heterocycles. The molecule has 0 unspecified atom stereocenters. The average molecular weight is 197 g/mol. The number of Topliss-reactive ketones (excluding diaryl/α,β-unsaturated/α-hetero) is 1. The molecule has 1 fully saturated rings. The van der Waals surface area contributed by atoms with Crippen molar-refractivity contribution in [3.05, 3.63) is 12.7 Å². The number of rotatable bonds is 5. The van der Waals surface area contributed by atoms with E-state index in [4.69, 9.17) is 10.5 Å². The first-order chi connectivity index (χ1) is 6.63. The molecular formula is C10H15NO3. The second-order valence-corrected chi connectivity index (χ2v) is 3.52. The summed E-state index contributed by atoms with van der Waals surface area (Å²) in [7, 11) is 0. The third-order valence-electron chi connectivity index (χ3n) is 2.43. The minimum absolute atomic E-state index is 0.0549. The van der Waals surface area contributed by atoms with Crippen LogP contribution in [0.2, 0.25) is 0 Å². The van der Waals surface area contributed by atoms with Gasteiger partial charge in [-0.25, -0.2) is 4.79 Å². The maximum atomic E-state index is 11.4. The predicted octanol–water partition coefficient (Wildman–Crippen LogP) is 1.40. The van der Waals surface area contributed by atoms with Gasteiger partial charge < -0.3 is 10.5 Å². The van der Waals surface area contributed by atoms with Gasteiger partial charge in [0.2, 0.25) is 0 Å². The largest absolute Gasteiger partial charge is 0.446 e. The summed E-state index contributed by atoms with van der Waals surface area (Å²) in [6, 6.07) is 0. The minimum atomic E-state index is -0.757. The van der Waals surface area contributed by atoms with Crippen molar-refractivity contribution in [2.24, 2.45) is 11.7 Å². The van der Waals surface area contributed by atoms with E-state index in [0.29, 0.717) is 19.3 Å². The first-order valence-corrected chi connectivity index (χ1v) is 4.73. The summed E-state index contributed by atoms with van der Waals surface area (Å²) in [5, 5.41) is 0. The summed E-state index contributed by atoms with van der Waals surface area (Å²) in [6.45, 7) is 3.55. The van der Waals surface area contributed by atoms with Crippen LogP contribution in [0.15, 0.2) is 12.7 Å². The van der Waals surface area contributed by atoms with Gasteiger partial charge >= 0.3 is 6.09 Å². The molecular weight excluding hydrogens is 182 g/mol. The molecule has 0 aromatic rings. The summed E-state index contributed by atoms with van der Waals surface area (Å²) in [6.07, 6.45) is 3.33. The number of amides is 1. The van der Waals surface area contributed by atoms with Gasteiger partial charge in [-0.3, -0.25) is 4.79 Å². The van der Waals surface area contributed by atoms with Crippen molar-refractivity contribution < 1.29 is 14.3 Å². The second-order valence-electron chi connectivity index (χ2n) is 3.52. The highest BCUT2D eigenvalue weighted by Gasteiger charge is 2.35. The topological polar surface area (TPSA) is 69.4 Å². The number of ether oxygens (including phenoxy) is 1. The molecule has 1 saturated carbocycles. The van der Waals surface area contributed by atoms with E-state index in [2.05, 4.69) is 6.58 Å². The molecule has 0 aromatic heterocycles. The number of carbonyl (C=O) groups excluding carboxylic acids is 2. The zero-order valence-corrected chi connectivity index (χ0v) is 8.07. The lowest BCUT2D eigenvalue weighted by molar-refractivity contribution is -0.129. The van der Waals surface area contributed by atoms with Gasteiger partial charge in [0.25, 0.3) is 0 Å². The molecule has 0 radical (unpaired) electrons. The Kier molecular flexibility index (Phi) is 3.68. The maximum Gasteiger partial charge on any atom is 0.404 e. The standard InChI is InChI=1S/C10H15NO3/c1-2-3-4-9(12)7-5-8(6-7)14-10(11)13/h2,7-8H,1,3-6H2,(H2,11,13). The fraction of sp³-hybridized carbons (Fsp3) is 0.600. The summed E-state index contributed by atoms with van der Waals surface area (Å²) >= 11 is 0. The molecule has 0 atom stereocenters. The van der Waals surface area contributed by atoms with Crippen LogP contribution in [0, 0.1) is 5.92 Å². The van der Waals surface area contributed by atoms with Crippen molar-refractivity contribution in [1.29, 1.82) is 0 Å². The summed E-state index contributed by atoms with van der Waals surface area (Å²) in [5.41, 5.74) is 4.85. The molecule has 1 aliphatic rings. The number of nitrogens with two attached hydrogens (primary N) is 1. The molecule has 4 nitrogen and oxygen atoms in total. The number of ketones is 1. The maximum absolute atomic E-state index is 11.4. The van der Waals surface area contributed by atoms with Crippen molar-refractivity contribution >= 4 is 11.9 Å². The van der Waals surface area contributed by atoms with Crippen LogP contribution in [0.4, 0.5) is 4.79 Å². The Labute approximate surface area is 83.1 Å². The van der Waals surface area contributed by atoms with Crippen molar-refractivity contribution in [3.8, 4) is 0 Å². The highest BCUT2D eigenvalue weighted by molar-refractivity contribution is 5.82. The first kappa shape index (κ1) is 10.8. The average Bonchev–Trinajstić information content (AvgIpc) is 2.06. The molecule has 14 heavy (non-hydrogen) atoms. The lowest BCUT2D eigenvalue weighted by atomic mass is 9.78. The smallest absolute Gasteiger partial charge is 0.404 e. The number of allylic oxidation sites excluding steroid dienone is 1. The monoisotopic (exact) mass is 197 g/mol. The zero-order valence-electron chi connectivity index (χ0n) is 8.07. The lowest BCUT2D eigenvalue weighted by Gasteiger charge is -2.32. The normalized spacial score (nSPS) is 24.9. The number of hydrogen-bond donors (Lipinski definition) is 1. The van der Waals surface area contributed by atoms with E-state index >= 15 is 0 Å². The van der Waals surface area contributed by atoms with Crippen LogP contribution in [0.5, 0.6) is 0 Å². The molecule has 0 aliphatic heterocycles. The van der Waals surface area contributed by atoms with E-state index in [-0.39, 0.29) is 17.8 Å². The van der Waals surface area contributed by atoms with Gasteiger partial charge in [0, 0.05) is 12.3 Å². The van der Waals surface area contributed by atoms with Crippen LogP contribution in [-0.4, -0.2) is 18.0 Å². The van der Waals surface area contributed by atoms with Gasteiger partial charge in [-0.05, 0) is 19.3 Å². The molecule has 0 spiro atoms. The molecule has 2 N–H and O–H groups in total. The molecule has 4 heteroatoms. The van der Waals surface area contributed by atoms with Gasteiger partial charge in [-0.1, -0.05) is 6.08 Å². The summed E-state index contributed by atoms with van der Waals surface area (Å²) < 4.78 is 4.74. The Bertz CT molecular complexity index is 244. The van der Waals surface area contributed by atoms with Crippen LogP contribution in [0.3, 0.4) is 0 Å². The molecule has 0 saturated heterocycles. The third kappa shape index (κ3) is 2.87. The summed E-state index contributed by atoms with van der Waals surface area (Å²) in [5.74, 6) is 0.286. The second kappa shape index (κ2) is 4.79. The fourth-order valence-electron chi connectivity index (χ4n) is 1.54. The first-order valence-electron chi connectivity index (χ1n) is 4.73. The Hall–Kier alpha value is -1.32. The van der Waals surface area contributed by atoms with Crippen molar-refractivity contribution in [3.63, 3.8) is 0 Å². The summed E-state index contributed by atoms with van der Waals surface area (Å²) in [4.78, 5) is 21.7. The van der Waals surface area contributed by atoms with Crippen LogP contribution >= 0.6 is 0 Å². The molecule has 0 bridgehead atoms. The van der Waals surface area contributed by atoms with Crippen molar-refractivity contribution in [2.45, 2.75) is 31.8 Å². The highest BCUT2D eigenvalue weighted by Crippen LogP contribution is 2.31. The van der Waals surface area contributed by atoms with Crippen LogP contribution in [-0.2, 0) is 9.53 Å². The Balaban J connectivity index is 2.17. The van der Waals surface area contributed by atoms with E-state index in [1.165, 1.54) is 0 Å². The predicted molar refractivity (Wildman–Crippen MR) is 51.6 cm³/mol. The van der Waals surface area contributed by atoms with Gasteiger partial charge in [0.05, 0.1) is 0 Å². The van der Waals surface area contributed by atoms with E-state index < -0.39 is 6.09 Å². The van der Waals surface area contributed by atoms with Gasteiger partial charge in [0.15, 0.2) is 0 Å². The number of carbonyl (C=O) groups is 2. The van der Waals surface area contributed by atoms with Crippen LogP contribution in [0.25, 0.3) is 0 Å². The van der Waals surface area contributed by atoms with Gasteiger partial charge in [0.1, 0.15) is 11.9 Å². The van der Waals surface area contributed by atoms with Crippen molar-refractivity contribution in [1.82, 2.24) is 0 Å². The Morgan fingerprint density at radius 1 is 1.50 bits per heavy atom. The Morgan fingerprint density at radius 3 is 2.64 bits per heavy atom. The minimum Gasteiger partial charge on any atom is -0.446 e. The fourth-order valence-corrected chi connectivity index (χ4v) is 1.54. The van der Waals surface area contributed by atoms with E-state index in [1.54, 1.807) is 6.08 Å². The number of hydrogen-bond acceptors (Lipinski definition) is 3. The van der Waals surface area contributed by atoms with E-state index in [1.807, 2.05) is 0 Å². The molecule has 1 rings (SSSR count). The van der Waals surface area contributed by atoms with Crippen molar-refractivity contribution in [2.75, 3.05) is 0 Å². The number of primary amides is 1. The SMILES string of the molecule is C=CCCC(=O)C1CC(OC(N)=O)C1. The highest BCUT2D eigenvalue weighted by atomic mass is 16.6. The van der Waals surface area contributed by atoms with Crippen LogP contribution in [0.1, 0.15) is 25.7 Å². The van der Waals surface area contributed by atoms with E-state index in [9.17, 15) is 9.59 Å². The third-order valence-corrected chi connectivity index (χ3v) is 2.43. The molecule has 1 aliphatic carbocycles.